The largest absolute Gasteiger partial charge is 0.398 e. The molecule has 0 aliphatic carbocycles. The Morgan fingerprint density at radius 1 is 1.00 bits per heavy atom. The lowest BCUT2D eigenvalue weighted by Crippen LogP contribution is -2.24. The molecule has 3 heteroatoms. The molecule has 0 saturated heterocycles. The fraction of sp³-hybridized carbons (Fsp3) is 0.174. The second-order valence-electron chi connectivity index (χ2n) is 7.35. The fourth-order valence-electron chi connectivity index (χ4n) is 4.07. The number of nitrogens with two attached hydrogens (primary N) is 1. The van der Waals surface area contributed by atoms with Gasteiger partial charge in [0.2, 0.25) is 0 Å². The Balaban J connectivity index is 1.88. The number of ketones is 1. The summed E-state index contributed by atoms with van der Waals surface area (Å²) < 4.78 is 0. The van der Waals surface area contributed by atoms with Crippen molar-refractivity contribution in [2.24, 2.45) is 0 Å². The zero-order valence-corrected chi connectivity index (χ0v) is 15.3. The zero-order chi connectivity index (χ0) is 18.5. The molecule has 0 atom stereocenters. The molecular formula is C23H22N2O. The highest BCUT2D eigenvalue weighted by molar-refractivity contribution is 6.09. The van der Waals surface area contributed by atoms with E-state index in [9.17, 15) is 4.79 Å². The Morgan fingerprint density at radius 3 is 2.46 bits per heavy atom. The van der Waals surface area contributed by atoms with Gasteiger partial charge in [0.15, 0.2) is 5.78 Å². The van der Waals surface area contributed by atoms with Gasteiger partial charge >= 0.3 is 0 Å². The van der Waals surface area contributed by atoms with Gasteiger partial charge in [0, 0.05) is 41.2 Å². The molecule has 2 N–H and O–H groups in total. The minimum Gasteiger partial charge on any atom is -0.398 e. The molecule has 4 rings (SSSR count). The lowest BCUT2D eigenvalue weighted by Gasteiger charge is -2.24. The second-order valence-corrected chi connectivity index (χ2v) is 7.35. The van der Waals surface area contributed by atoms with Crippen molar-refractivity contribution in [3.8, 4) is 0 Å². The summed E-state index contributed by atoms with van der Waals surface area (Å²) in [6, 6.07) is 19.9. The van der Waals surface area contributed by atoms with E-state index < -0.39 is 0 Å². The van der Waals surface area contributed by atoms with E-state index in [4.69, 9.17) is 5.73 Å². The van der Waals surface area contributed by atoms with Crippen LogP contribution in [-0.2, 0) is 5.41 Å². The van der Waals surface area contributed by atoms with Crippen molar-refractivity contribution in [2.45, 2.75) is 19.3 Å². The van der Waals surface area contributed by atoms with E-state index in [-0.39, 0.29) is 11.2 Å². The molecular weight excluding hydrogens is 320 g/mol. The van der Waals surface area contributed by atoms with E-state index in [2.05, 4.69) is 55.1 Å². The highest BCUT2D eigenvalue weighted by Crippen LogP contribution is 2.49. The summed E-state index contributed by atoms with van der Waals surface area (Å²) >= 11 is 0. The first-order valence-corrected chi connectivity index (χ1v) is 8.78. The van der Waals surface area contributed by atoms with E-state index in [1.807, 2.05) is 19.2 Å². The number of anilines is 2. The van der Waals surface area contributed by atoms with Crippen LogP contribution in [0.1, 0.15) is 29.8 Å². The number of hydrogen-bond acceptors (Lipinski definition) is 3. The number of carbonyl (C=O) groups is 1. The van der Waals surface area contributed by atoms with Gasteiger partial charge in [0.05, 0.1) is 0 Å². The van der Waals surface area contributed by atoms with Gasteiger partial charge in [0.25, 0.3) is 0 Å². The van der Waals surface area contributed by atoms with Crippen molar-refractivity contribution in [1.82, 2.24) is 0 Å². The van der Waals surface area contributed by atoms with Crippen molar-refractivity contribution < 1.29 is 4.79 Å². The van der Waals surface area contributed by atoms with Crippen LogP contribution < -0.4 is 10.6 Å². The second kappa shape index (κ2) is 5.73. The number of likely N-dealkylation sites (N-methyl/N-ethyl adjacent to an activating group) is 1. The highest BCUT2D eigenvalue weighted by atomic mass is 16.1. The maximum absolute atomic E-state index is 12.9. The molecule has 1 heterocycles. The third-order valence-corrected chi connectivity index (χ3v) is 5.39. The average molecular weight is 342 g/mol. The van der Waals surface area contributed by atoms with Crippen molar-refractivity contribution in [3.05, 3.63) is 83.6 Å². The van der Waals surface area contributed by atoms with Gasteiger partial charge in [-0.3, -0.25) is 4.79 Å². The maximum Gasteiger partial charge on any atom is 0.189 e. The summed E-state index contributed by atoms with van der Waals surface area (Å²) in [5.74, 6) is -0.0601. The lowest BCUT2D eigenvalue weighted by molar-refractivity contribution is 0.104. The molecule has 3 aromatic rings. The van der Waals surface area contributed by atoms with Crippen LogP contribution in [-0.4, -0.2) is 12.8 Å². The fourth-order valence-corrected chi connectivity index (χ4v) is 4.07. The van der Waals surface area contributed by atoms with E-state index >= 15 is 0 Å². The van der Waals surface area contributed by atoms with Crippen LogP contribution in [0.25, 0.3) is 10.8 Å². The SMILES string of the molecule is CN1/C(=C\C(=O)c2ccccc2N)C(C)(C)c2c1ccc1ccccc21. The molecule has 3 nitrogen and oxygen atoms in total. The van der Waals surface area contributed by atoms with Crippen molar-refractivity contribution in [1.29, 1.82) is 0 Å². The summed E-state index contributed by atoms with van der Waals surface area (Å²) in [6.45, 7) is 4.35. The molecule has 130 valence electrons. The first kappa shape index (κ1) is 16.4. The van der Waals surface area contributed by atoms with Gasteiger partial charge in [-0.05, 0) is 34.5 Å². The van der Waals surface area contributed by atoms with Crippen molar-refractivity contribution >= 4 is 27.9 Å². The normalized spacial score (nSPS) is 16.9. The molecule has 0 aromatic heterocycles. The Morgan fingerprint density at radius 2 is 1.69 bits per heavy atom. The molecule has 0 radical (unpaired) electrons. The molecule has 0 unspecified atom stereocenters. The average Bonchev–Trinajstić information content (AvgIpc) is 2.83. The van der Waals surface area contributed by atoms with Crippen LogP contribution in [0.5, 0.6) is 0 Å². The van der Waals surface area contributed by atoms with Crippen LogP contribution in [0.4, 0.5) is 11.4 Å². The molecule has 0 amide bonds. The highest BCUT2D eigenvalue weighted by Gasteiger charge is 2.40. The van der Waals surface area contributed by atoms with Crippen LogP contribution in [0.15, 0.2) is 72.4 Å². The molecule has 1 aliphatic rings. The van der Waals surface area contributed by atoms with Crippen LogP contribution in [0.2, 0.25) is 0 Å². The number of fused-ring (bicyclic) bond motifs is 3. The Bertz CT molecular complexity index is 1060. The van der Waals surface area contributed by atoms with Crippen molar-refractivity contribution in [3.63, 3.8) is 0 Å². The summed E-state index contributed by atoms with van der Waals surface area (Å²) in [5, 5.41) is 2.45. The third-order valence-electron chi connectivity index (χ3n) is 5.39. The van der Waals surface area contributed by atoms with Crippen LogP contribution in [0.3, 0.4) is 0 Å². The van der Waals surface area contributed by atoms with E-state index in [1.54, 1.807) is 18.2 Å². The van der Waals surface area contributed by atoms with Crippen molar-refractivity contribution in [2.75, 3.05) is 17.7 Å². The van der Waals surface area contributed by atoms with Gasteiger partial charge in [-0.1, -0.05) is 56.3 Å². The number of nitrogen functional groups attached to an aromatic ring is 1. The minimum atomic E-state index is -0.274. The quantitative estimate of drug-likeness (QED) is 0.409. The summed E-state index contributed by atoms with van der Waals surface area (Å²) in [4.78, 5) is 15.0. The van der Waals surface area contributed by atoms with E-state index in [0.717, 1.165) is 11.4 Å². The summed E-state index contributed by atoms with van der Waals surface area (Å²) in [6.07, 6.45) is 1.74. The summed E-state index contributed by atoms with van der Waals surface area (Å²) in [7, 11) is 2.02. The molecule has 3 aromatic carbocycles. The Hall–Kier alpha value is -3.07. The lowest BCUT2D eigenvalue weighted by atomic mass is 9.80. The Kier molecular flexibility index (Phi) is 3.62. The number of hydrogen-bond donors (Lipinski definition) is 1. The smallest absolute Gasteiger partial charge is 0.189 e. The molecule has 26 heavy (non-hydrogen) atoms. The number of para-hydroxylation sites is 1. The number of nitrogens with zero attached hydrogens (tertiary/aromatic N) is 1. The van der Waals surface area contributed by atoms with Gasteiger partial charge in [0.1, 0.15) is 0 Å². The predicted molar refractivity (Wildman–Crippen MR) is 109 cm³/mol. The van der Waals surface area contributed by atoms with Gasteiger partial charge in [-0.25, -0.2) is 0 Å². The van der Waals surface area contributed by atoms with Crippen LogP contribution in [0, 0.1) is 0 Å². The monoisotopic (exact) mass is 342 g/mol. The molecule has 0 bridgehead atoms. The number of carbonyl (C=O) groups excluding carboxylic acids is 1. The first-order valence-electron chi connectivity index (χ1n) is 8.78. The number of rotatable bonds is 2. The Labute approximate surface area is 153 Å². The first-order chi connectivity index (χ1) is 12.4. The maximum atomic E-state index is 12.9. The molecule has 1 aliphatic heterocycles. The van der Waals surface area contributed by atoms with Gasteiger partial charge in [-0.15, -0.1) is 0 Å². The minimum absolute atomic E-state index is 0.0601. The molecule has 0 spiro atoms. The third kappa shape index (κ3) is 2.31. The van der Waals surface area contributed by atoms with Crippen LogP contribution >= 0.6 is 0 Å². The zero-order valence-electron chi connectivity index (χ0n) is 15.3. The predicted octanol–water partition coefficient (Wildman–Crippen LogP) is 4.92. The van der Waals surface area contributed by atoms with E-state index in [1.165, 1.54) is 16.3 Å². The number of allylic oxidation sites excluding steroid dienone is 2. The standard InChI is InChI=1S/C23H22N2O/c1-23(2)21(14-20(26)17-10-6-7-11-18(17)24)25(3)19-13-12-15-8-4-5-9-16(15)22(19)23/h4-14H,24H2,1-3H3/b21-14-. The van der Waals surface area contributed by atoms with Gasteiger partial charge < -0.3 is 10.6 Å². The molecule has 0 saturated carbocycles. The topological polar surface area (TPSA) is 46.3 Å². The van der Waals surface area contributed by atoms with Gasteiger partial charge in [-0.2, -0.15) is 0 Å². The molecule has 0 fully saturated rings. The van der Waals surface area contributed by atoms with E-state index in [0.29, 0.717) is 11.3 Å². The summed E-state index contributed by atoms with van der Waals surface area (Å²) in [5.41, 5.74) is 10.2. The number of benzene rings is 3.